The second-order valence-corrected chi connectivity index (χ2v) is 24.0. The maximum Gasteiger partial charge on any atom is 0.475 e. The van der Waals surface area contributed by atoms with Crippen molar-refractivity contribution in [1.29, 1.82) is 5.26 Å². The van der Waals surface area contributed by atoms with E-state index in [4.69, 9.17) is 32.2 Å². The van der Waals surface area contributed by atoms with E-state index in [1.54, 1.807) is 60.7 Å². The number of phosphoric acid groups is 1. The van der Waals surface area contributed by atoms with Crippen molar-refractivity contribution in [2.45, 2.75) is 94.5 Å². The van der Waals surface area contributed by atoms with E-state index in [2.05, 4.69) is 40.5 Å². The minimum Gasteiger partial charge on any atom is -0.408 e. The van der Waals surface area contributed by atoms with Crippen LogP contribution in [-0.4, -0.2) is 128 Å². The Bertz CT molecular complexity index is 2870. The predicted octanol–water partition coefficient (Wildman–Crippen LogP) is 6.14. The zero-order valence-electron chi connectivity index (χ0n) is 38.4. The fraction of sp³-hybridized carbons (Fsp3) is 0.432. The number of hydrogen-bond donors (Lipinski definition) is 3. The van der Waals surface area contributed by atoms with E-state index in [1.807, 2.05) is 39.9 Å². The second-order valence-electron chi connectivity index (χ2n) is 17.6. The van der Waals surface area contributed by atoms with Crippen molar-refractivity contribution in [2.75, 3.05) is 37.6 Å². The van der Waals surface area contributed by atoms with Gasteiger partial charge >= 0.3 is 7.82 Å². The Morgan fingerprint density at radius 2 is 1.35 bits per heavy atom. The molecular formula is C44H51FN11O11PSi. The molecule has 0 saturated carbocycles. The topological polar surface area (TPSA) is 271 Å². The number of carbonyl (C=O) groups is 2. The molecule has 2 amide bonds. The summed E-state index contributed by atoms with van der Waals surface area (Å²) in [6.45, 7) is 8.42. The lowest BCUT2D eigenvalue weighted by atomic mass is 10.1. The first kappa shape index (κ1) is 49.4. The predicted molar refractivity (Wildman–Crippen MR) is 247 cm³/mol. The summed E-state index contributed by atoms with van der Waals surface area (Å²) in [5.41, 5.74) is 1.39. The minimum atomic E-state index is -4.85. The van der Waals surface area contributed by atoms with Gasteiger partial charge in [-0.3, -0.25) is 32.3 Å². The summed E-state index contributed by atoms with van der Waals surface area (Å²) in [6, 6.07) is 18.9. The largest absolute Gasteiger partial charge is 0.475 e. The van der Waals surface area contributed by atoms with Crippen LogP contribution in [0.15, 0.2) is 86.0 Å². The summed E-state index contributed by atoms with van der Waals surface area (Å²) in [6.07, 6.45) is -5.82. The average molecular weight is 988 g/mol. The van der Waals surface area contributed by atoms with E-state index in [0.29, 0.717) is 11.1 Å². The van der Waals surface area contributed by atoms with Crippen LogP contribution in [0.2, 0.25) is 18.1 Å². The molecule has 9 atom stereocenters. The van der Waals surface area contributed by atoms with Gasteiger partial charge in [-0.15, -0.1) is 0 Å². The number of amides is 2. The molecule has 6 heterocycles. The summed E-state index contributed by atoms with van der Waals surface area (Å²) in [4.78, 5) is 52.2. The molecule has 22 nitrogen and oxygen atoms in total. The maximum atomic E-state index is 16.5. The van der Waals surface area contributed by atoms with E-state index in [1.165, 1.54) is 41.6 Å². The van der Waals surface area contributed by atoms with E-state index in [-0.39, 0.29) is 45.4 Å². The number of imidazole rings is 2. The number of hydrogen-bond acceptors (Lipinski definition) is 18. The van der Waals surface area contributed by atoms with Crippen LogP contribution >= 0.6 is 7.82 Å². The third kappa shape index (κ3) is 10.3. The first-order chi connectivity index (χ1) is 33.1. The van der Waals surface area contributed by atoms with Gasteiger partial charge in [-0.25, -0.2) is 38.9 Å². The smallest absolute Gasteiger partial charge is 0.408 e. The Morgan fingerprint density at radius 1 is 0.812 bits per heavy atom. The highest BCUT2D eigenvalue weighted by Crippen LogP contribution is 2.56. The Balaban J connectivity index is 1.08. The van der Waals surface area contributed by atoms with Gasteiger partial charge in [0.15, 0.2) is 60.9 Å². The summed E-state index contributed by atoms with van der Waals surface area (Å²) in [5.74, 6) is -0.726. The number of fused-ring (bicyclic) bond motifs is 2. The molecule has 0 bridgehead atoms. The van der Waals surface area contributed by atoms with Crippen LogP contribution in [0.5, 0.6) is 0 Å². The Kier molecular flexibility index (Phi) is 14.7. The van der Waals surface area contributed by atoms with Crippen LogP contribution in [0.25, 0.3) is 22.3 Å². The number of methoxy groups -OCH3 is 1. The standard InChI is InChI=1S/C44H51FN11O11PSi/c1-44(2,3)69(5,6)67-34-28(20-57)64-43(56-25-52-32-37(48-23-50-39(32)56)54-41(59)27-16-11-8-12-17-27)35(34)66-68(60,62-19-13-18-46)63-21-29-33(61-4)30(45)42(65-29)55-24-51-31-36(47-22-49-38(31)55)53-40(58)26-14-9-7-10-15-26/h7-12,14-17,22-25,28-30,33-35,42-43,57H,13,19-21H2,1-6H3,(H,47,49,53,58)(H,48,50,54,59)/t28-,29-,30-,33-,34-,35-,42-,43-,68?/m1/s1. The van der Waals surface area contributed by atoms with Crippen molar-refractivity contribution in [3.63, 3.8) is 0 Å². The third-order valence-corrected chi connectivity index (χ3v) is 18.1. The molecule has 0 aliphatic carbocycles. The number of aliphatic hydroxyl groups is 1. The molecule has 2 fully saturated rings. The molecule has 2 aromatic carbocycles. The molecule has 0 radical (unpaired) electrons. The number of carbonyl (C=O) groups excluding carboxylic acids is 2. The van der Waals surface area contributed by atoms with Crippen molar-refractivity contribution in [3.05, 3.63) is 97.1 Å². The molecule has 2 aliphatic rings. The number of nitrogens with zero attached hydrogens (tertiary/aromatic N) is 9. The highest BCUT2D eigenvalue weighted by atomic mass is 31.2. The molecule has 3 N–H and O–H groups in total. The number of alkyl halides is 1. The normalized spacial score (nSPS) is 23.8. The lowest BCUT2D eigenvalue weighted by Gasteiger charge is -2.40. The minimum absolute atomic E-state index is 0.0802. The molecule has 25 heteroatoms. The zero-order valence-corrected chi connectivity index (χ0v) is 40.3. The third-order valence-electron chi connectivity index (χ3n) is 12.2. The molecule has 6 aromatic rings. The van der Waals surface area contributed by atoms with Crippen molar-refractivity contribution in [1.82, 2.24) is 39.0 Å². The van der Waals surface area contributed by atoms with E-state index < -0.39 is 96.9 Å². The van der Waals surface area contributed by atoms with Crippen LogP contribution in [0.4, 0.5) is 16.0 Å². The Hall–Kier alpha value is -5.97. The molecule has 0 spiro atoms. The van der Waals surface area contributed by atoms with Crippen LogP contribution < -0.4 is 10.6 Å². The SMILES string of the molecule is CO[C@H]1[C@@H](F)[C@H](n2cnc3c(NC(=O)c4ccccc4)ncnc32)O[C@@H]1COP(=O)(OCCC#N)O[C@@H]1[C@H](O[Si](C)(C)C(C)(C)C)[C@@H](CO)O[C@H]1n1cnc2c(NC(=O)c3ccccc3)ncnc21. The number of rotatable bonds is 18. The highest BCUT2D eigenvalue weighted by Gasteiger charge is 2.55. The van der Waals surface area contributed by atoms with Gasteiger partial charge in [0.1, 0.15) is 43.2 Å². The summed E-state index contributed by atoms with van der Waals surface area (Å²) >= 11 is 0. The molecule has 8 rings (SSSR count). The van der Waals surface area contributed by atoms with E-state index >= 15 is 8.96 Å². The first-order valence-corrected chi connectivity index (χ1v) is 26.2. The lowest BCUT2D eigenvalue weighted by Crippen LogP contribution is -2.50. The van der Waals surface area contributed by atoms with E-state index in [0.717, 1.165) is 0 Å². The monoisotopic (exact) mass is 987 g/mol. The number of benzene rings is 2. The number of ether oxygens (including phenoxy) is 3. The number of anilines is 2. The number of nitrogens with one attached hydrogen (secondary N) is 2. The van der Waals surface area contributed by atoms with Gasteiger partial charge in [-0.1, -0.05) is 57.2 Å². The Labute approximate surface area is 396 Å². The van der Waals surface area contributed by atoms with Crippen molar-refractivity contribution >= 4 is 61.9 Å². The van der Waals surface area contributed by atoms with Gasteiger partial charge in [0.2, 0.25) is 0 Å². The molecule has 69 heavy (non-hydrogen) atoms. The number of nitriles is 1. The molecule has 1 unspecified atom stereocenters. The first-order valence-electron chi connectivity index (χ1n) is 21.8. The lowest BCUT2D eigenvalue weighted by molar-refractivity contribution is -0.0658. The van der Waals surface area contributed by atoms with Crippen molar-refractivity contribution < 1.29 is 55.9 Å². The second kappa shape index (κ2) is 20.5. The zero-order chi connectivity index (χ0) is 49.1. The van der Waals surface area contributed by atoms with Crippen molar-refractivity contribution in [3.8, 4) is 6.07 Å². The quantitative estimate of drug-likeness (QED) is 0.0495. The van der Waals surface area contributed by atoms with E-state index in [9.17, 15) is 20.0 Å². The van der Waals surface area contributed by atoms with Gasteiger partial charge in [-0.05, 0) is 42.4 Å². The average Bonchev–Trinajstić information content (AvgIpc) is 4.12. The molecule has 364 valence electrons. The van der Waals surface area contributed by atoms with Crippen LogP contribution in [0, 0.1) is 11.3 Å². The van der Waals surface area contributed by atoms with Gasteiger partial charge in [0.25, 0.3) is 11.8 Å². The van der Waals surface area contributed by atoms with Gasteiger partial charge in [0.05, 0.1) is 45.0 Å². The maximum absolute atomic E-state index is 16.5. The van der Waals surface area contributed by atoms with Gasteiger partial charge in [-0.2, -0.15) is 5.26 Å². The molecule has 2 saturated heterocycles. The number of halogens is 1. The summed E-state index contributed by atoms with van der Waals surface area (Å²) in [5, 5.41) is 25.4. The number of phosphoric ester groups is 1. The highest BCUT2D eigenvalue weighted by molar-refractivity contribution is 7.48. The van der Waals surface area contributed by atoms with Crippen LogP contribution in [0.1, 0.15) is 60.4 Å². The fourth-order valence-corrected chi connectivity index (χ4v) is 10.3. The summed E-state index contributed by atoms with van der Waals surface area (Å²) in [7, 11) is -6.32. The molecule has 2 aliphatic heterocycles. The molecular weight excluding hydrogens is 937 g/mol. The summed E-state index contributed by atoms with van der Waals surface area (Å²) < 4.78 is 77.7. The van der Waals surface area contributed by atoms with Gasteiger partial charge < -0.3 is 34.4 Å². The number of aromatic nitrogens is 8. The van der Waals surface area contributed by atoms with Gasteiger partial charge in [0, 0.05) is 18.2 Å². The number of aliphatic hydroxyl groups excluding tert-OH is 1. The fourth-order valence-electron chi connectivity index (χ4n) is 7.60. The van der Waals surface area contributed by atoms with Crippen LogP contribution in [0.3, 0.4) is 0 Å². The Morgan fingerprint density at radius 3 is 1.86 bits per heavy atom. The van der Waals surface area contributed by atoms with Crippen molar-refractivity contribution in [2.24, 2.45) is 0 Å². The molecule has 4 aromatic heterocycles. The van der Waals surface area contributed by atoms with Crippen LogP contribution in [-0.2, 0) is 36.8 Å².